The minimum absolute atomic E-state index is 0.0104. The van der Waals surface area contributed by atoms with Crippen molar-refractivity contribution < 1.29 is 34.2 Å². The molecule has 0 aliphatic rings. The number of nitrogens with two attached hydrogens (primary N) is 2. The average molecular weight is 558 g/mol. The fraction of sp³-hybridized carbons (Fsp3) is 0.522. The lowest BCUT2D eigenvalue weighted by Crippen LogP contribution is -2.58. The molecule has 4 atom stereocenters. The van der Waals surface area contributed by atoms with Gasteiger partial charge < -0.3 is 37.6 Å². The number of aromatic hydroxyl groups is 1. The zero-order chi connectivity index (χ0) is 28.0. The van der Waals surface area contributed by atoms with Gasteiger partial charge in [0.2, 0.25) is 23.6 Å². The Morgan fingerprint density at radius 1 is 0.838 bits per heavy atom. The monoisotopic (exact) mass is 557 g/mol. The SMILES string of the molecule is CSCCC(N)C(=O)NC(Cc1ccc(O)cc1)C(=O)NC(CC(N)=O)C(=O)NC(CCSC)C(=O)O. The highest BCUT2D eigenvalue weighted by molar-refractivity contribution is 7.98. The summed E-state index contributed by atoms with van der Waals surface area (Å²) in [7, 11) is 0. The Kier molecular flexibility index (Phi) is 14.5. The molecule has 4 unspecified atom stereocenters. The van der Waals surface area contributed by atoms with Crippen LogP contribution in [0.25, 0.3) is 0 Å². The first kappa shape index (κ1) is 32.1. The molecule has 0 saturated carbocycles. The molecule has 4 amide bonds. The molecule has 1 aromatic rings. The third kappa shape index (κ3) is 12.2. The zero-order valence-electron chi connectivity index (χ0n) is 20.8. The van der Waals surface area contributed by atoms with Crippen molar-refractivity contribution in [2.24, 2.45) is 11.5 Å². The predicted molar refractivity (Wildman–Crippen MR) is 143 cm³/mol. The molecule has 0 spiro atoms. The van der Waals surface area contributed by atoms with Gasteiger partial charge in [-0.05, 0) is 54.6 Å². The van der Waals surface area contributed by atoms with E-state index in [0.717, 1.165) is 0 Å². The van der Waals surface area contributed by atoms with Crippen molar-refractivity contribution in [2.45, 2.75) is 49.9 Å². The summed E-state index contributed by atoms with van der Waals surface area (Å²) >= 11 is 2.91. The summed E-state index contributed by atoms with van der Waals surface area (Å²) < 4.78 is 0. The van der Waals surface area contributed by atoms with E-state index < -0.39 is 60.2 Å². The lowest BCUT2D eigenvalue weighted by Gasteiger charge is -2.25. The number of aliphatic carboxylic acids is 1. The summed E-state index contributed by atoms with van der Waals surface area (Å²) in [5, 5.41) is 26.2. The lowest BCUT2D eigenvalue weighted by atomic mass is 10.0. The Bertz CT molecular complexity index is 933. The maximum absolute atomic E-state index is 13.2. The molecule has 0 radical (unpaired) electrons. The number of amides is 4. The van der Waals surface area contributed by atoms with E-state index in [1.54, 1.807) is 18.4 Å². The van der Waals surface area contributed by atoms with E-state index in [2.05, 4.69) is 16.0 Å². The molecule has 0 bridgehead atoms. The van der Waals surface area contributed by atoms with Gasteiger partial charge in [-0.25, -0.2) is 4.79 Å². The molecule has 206 valence electrons. The van der Waals surface area contributed by atoms with Crippen LogP contribution in [0.15, 0.2) is 24.3 Å². The van der Waals surface area contributed by atoms with Crippen molar-refractivity contribution in [2.75, 3.05) is 24.0 Å². The van der Waals surface area contributed by atoms with Crippen molar-refractivity contribution in [1.29, 1.82) is 0 Å². The van der Waals surface area contributed by atoms with Crippen LogP contribution in [0, 0.1) is 0 Å². The molecule has 0 saturated heterocycles. The van der Waals surface area contributed by atoms with E-state index in [4.69, 9.17) is 11.5 Å². The molecular weight excluding hydrogens is 522 g/mol. The number of rotatable bonds is 17. The number of phenols is 1. The van der Waals surface area contributed by atoms with Gasteiger partial charge in [0.05, 0.1) is 12.5 Å². The number of phenolic OH excluding ortho intramolecular Hbond substituents is 1. The first-order valence-electron chi connectivity index (χ1n) is 11.4. The Labute approximate surface area is 224 Å². The van der Waals surface area contributed by atoms with Gasteiger partial charge in [-0.15, -0.1) is 0 Å². The fourth-order valence-electron chi connectivity index (χ4n) is 3.18. The molecular formula is C23H35N5O7S2. The molecule has 0 fully saturated rings. The molecule has 0 aromatic heterocycles. The highest BCUT2D eigenvalue weighted by Crippen LogP contribution is 2.12. The van der Waals surface area contributed by atoms with E-state index in [0.29, 0.717) is 23.5 Å². The van der Waals surface area contributed by atoms with Gasteiger partial charge in [0.25, 0.3) is 0 Å². The van der Waals surface area contributed by atoms with E-state index >= 15 is 0 Å². The van der Waals surface area contributed by atoms with Gasteiger partial charge in [-0.1, -0.05) is 12.1 Å². The third-order valence-corrected chi connectivity index (χ3v) is 6.53. The standard InChI is InChI=1S/C23H35N5O7S2/c1-36-9-7-15(24)20(31)27-17(11-13-3-5-14(29)6-4-13)21(32)28-18(12-19(25)30)22(33)26-16(23(34)35)8-10-37-2/h3-6,15-18,29H,7-12,24H2,1-2H3,(H2,25,30)(H,26,33)(H,27,31)(H,28,32)(H,34,35). The van der Waals surface area contributed by atoms with E-state index in [1.165, 1.54) is 35.7 Å². The summed E-state index contributed by atoms with van der Waals surface area (Å²) in [6.45, 7) is 0. The largest absolute Gasteiger partial charge is 0.508 e. The molecule has 1 rings (SSSR count). The fourth-order valence-corrected chi connectivity index (χ4v) is 4.14. The normalized spacial score (nSPS) is 14.0. The maximum Gasteiger partial charge on any atom is 0.326 e. The average Bonchev–Trinajstić information content (AvgIpc) is 2.84. The van der Waals surface area contributed by atoms with Crippen LogP contribution >= 0.6 is 23.5 Å². The third-order valence-electron chi connectivity index (χ3n) is 5.24. The Morgan fingerprint density at radius 3 is 1.89 bits per heavy atom. The maximum atomic E-state index is 13.2. The molecule has 12 nitrogen and oxygen atoms in total. The van der Waals surface area contributed by atoms with Crippen molar-refractivity contribution in [1.82, 2.24) is 16.0 Å². The Hall–Kier alpha value is -2.97. The van der Waals surface area contributed by atoms with Gasteiger partial charge in [0.1, 0.15) is 23.9 Å². The van der Waals surface area contributed by atoms with Crippen molar-refractivity contribution in [3.63, 3.8) is 0 Å². The molecule has 14 heteroatoms. The number of carboxylic acids is 1. The number of benzene rings is 1. The highest BCUT2D eigenvalue weighted by atomic mass is 32.2. The lowest BCUT2D eigenvalue weighted by molar-refractivity contribution is -0.142. The van der Waals surface area contributed by atoms with E-state index in [-0.39, 0.29) is 18.6 Å². The summed E-state index contributed by atoms with van der Waals surface area (Å²) in [5.74, 6) is -3.32. The van der Waals surface area contributed by atoms with Gasteiger partial charge in [-0.3, -0.25) is 19.2 Å². The van der Waals surface area contributed by atoms with Gasteiger partial charge in [0, 0.05) is 6.42 Å². The quantitative estimate of drug-likeness (QED) is 0.126. The van der Waals surface area contributed by atoms with Gasteiger partial charge in [0.15, 0.2) is 0 Å². The summed E-state index contributed by atoms with van der Waals surface area (Å²) in [5.41, 5.74) is 11.8. The smallest absolute Gasteiger partial charge is 0.326 e. The summed E-state index contributed by atoms with van der Waals surface area (Å²) in [6, 6.07) is 1.20. The van der Waals surface area contributed by atoms with Gasteiger partial charge >= 0.3 is 5.97 Å². The van der Waals surface area contributed by atoms with Crippen LogP contribution < -0.4 is 27.4 Å². The van der Waals surface area contributed by atoms with Crippen molar-refractivity contribution in [3.05, 3.63) is 29.8 Å². The van der Waals surface area contributed by atoms with Crippen LogP contribution in [0.3, 0.4) is 0 Å². The number of thioether (sulfide) groups is 2. The molecule has 0 aliphatic carbocycles. The van der Waals surface area contributed by atoms with Crippen LogP contribution in [-0.4, -0.2) is 88.0 Å². The number of primary amides is 1. The summed E-state index contributed by atoms with van der Waals surface area (Å²) in [6.07, 6.45) is 3.56. The van der Waals surface area contributed by atoms with Crippen LogP contribution in [0.4, 0.5) is 0 Å². The number of carbonyl (C=O) groups is 5. The van der Waals surface area contributed by atoms with Crippen LogP contribution in [0.1, 0.15) is 24.8 Å². The second-order valence-electron chi connectivity index (χ2n) is 8.23. The molecule has 9 N–H and O–H groups in total. The number of hydrogen-bond donors (Lipinski definition) is 7. The molecule has 0 aliphatic heterocycles. The molecule has 0 heterocycles. The second-order valence-corrected chi connectivity index (χ2v) is 10.2. The number of nitrogens with one attached hydrogen (secondary N) is 3. The van der Waals surface area contributed by atoms with Crippen LogP contribution in [0.2, 0.25) is 0 Å². The molecule has 37 heavy (non-hydrogen) atoms. The van der Waals surface area contributed by atoms with E-state index in [9.17, 15) is 34.2 Å². The highest BCUT2D eigenvalue weighted by Gasteiger charge is 2.31. The van der Waals surface area contributed by atoms with Crippen molar-refractivity contribution in [3.8, 4) is 5.75 Å². The minimum atomic E-state index is -1.47. The van der Waals surface area contributed by atoms with Gasteiger partial charge in [-0.2, -0.15) is 23.5 Å². The predicted octanol–water partition coefficient (Wildman–Crippen LogP) is -0.817. The molecule has 1 aromatic carbocycles. The first-order valence-corrected chi connectivity index (χ1v) is 14.2. The number of carbonyl (C=O) groups excluding carboxylic acids is 4. The van der Waals surface area contributed by atoms with E-state index in [1.807, 2.05) is 6.26 Å². The second kappa shape index (κ2) is 16.7. The minimum Gasteiger partial charge on any atom is -0.508 e. The topological polar surface area (TPSA) is 214 Å². The number of carboxylic acid groups (broad SMARTS) is 1. The van der Waals surface area contributed by atoms with Crippen LogP contribution in [-0.2, 0) is 30.4 Å². The Morgan fingerprint density at radius 2 is 1.35 bits per heavy atom. The summed E-state index contributed by atoms with van der Waals surface area (Å²) in [4.78, 5) is 61.8. The van der Waals surface area contributed by atoms with Crippen LogP contribution in [0.5, 0.6) is 5.75 Å². The Balaban J connectivity index is 3.10. The first-order chi connectivity index (χ1) is 17.5. The zero-order valence-corrected chi connectivity index (χ0v) is 22.4. The number of hydrogen-bond acceptors (Lipinski definition) is 9. The van der Waals surface area contributed by atoms with Crippen molar-refractivity contribution >= 4 is 53.1 Å².